The van der Waals surface area contributed by atoms with Crippen molar-refractivity contribution in [3.8, 4) is 11.8 Å². The fourth-order valence-electron chi connectivity index (χ4n) is 1.33. The van der Waals surface area contributed by atoms with E-state index in [0.717, 1.165) is 12.8 Å². The number of aliphatic hydroxyl groups is 1. The summed E-state index contributed by atoms with van der Waals surface area (Å²) in [6.45, 7) is 2.01. The van der Waals surface area contributed by atoms with Crippen molar-refractivity contribution in [3.05, 3.63) is 28.8 Å². The molecule has 1 aromatic carbocycles. The van der Waals surface area contributed by atoms with Gasteiger partial charge in [0.25, 0.3) is 5.85 Å². The first-order valence-corrected chi connectivity index (χ1v) is 5.82. The van der Waals surface area contributed by atoms with Crippen LogP contribution >= 0.6 is 11.6 Å². The number of nitrogen functional groups attached to an aromatic ring is 1. The van der Waals surface area contributed by atoms with E-state index in [2.05, 4.69) is 11.8 Å². The normalized spacial score (nSPS) is 13.6. The van der Waals surface area contributed by atoms with Gasteiger partial charge in [-0.2, -0.15) is 4.39 Å². The minimum atomic E-state index is -2.75. The molecule has 1 atom stereocenters. The molecule has 4 heteroatoms. The molecule has 0 bridgehead atoms. The average Bonchev–Trinajstić information content (AvgIpc) is 2.28. The van der Waals surface area contributed by atoms with Crippen LogP contribution in [0.5, 0.6) is 0 Å². The van der Waals surface area contributed by atoms with Gasteiger partial charge >= 0.3 is 0 Å². The molecular formula is C13H15ClFNO. The SMILES string of the molecule is CCCCC#C[C@](O)(F)c1cc(Cl)ccc1N. The summed E-state index contributed by atoms with van der Waals surface area (Å²) < 4.78 is 13.9. The van der Waals surface area contributed by atoms with Crippen LogP contribution in [0.4, 0.5) is 10.1 Å². The summed E-state index contributed by atoms with van der Waals surface area (Å²) in [6.07, 6.45) is 2.38. The molecule has 3 N–H and O–H groups in total. The number of rotatable bonds is 3. The van der Waals surface area contributed by atoms with Crippen molar-refractivity contribution in [1.82, 2.24) is 0 Å². The van der Waals surface area contributed by atoms with Crippen molar-refractivity contribution < 1.29 is 9.50 Å². The second-order valence-corrected chi connectivity index (χ2v) is 4.20. The van der Waals surface area contributed by atoms with E-state index in [4.69, 9.17) is 17.3 Å². The zero-order chi connectivity index (χ0) is 12.9. The highest BCUT2D eigenvalue weighted by molar-refractivity contribution is 6.30. The van der Waals surface area contributed by atoms with E-state index >= 15 is 0 Å². The molecule has 0 saturated heterocycles. The standard InChI is InChI=1S/C13H15ClFNO/c1-2-3-4-5-8-13(15,17)11-9-10(14)6-7-12(11)16/h6-7,9,17H,2-4,16H2,1H3/t13-/m1/s1. The Morgan fingerprint density at radius 3 is 2.88 bits per heavy atom. The van der Waals surface area contributed by atoms with E-state index in [1.54, 1.807) is 0 Å². The molecule has 0 aliphatic carbocycles. The Morgan fingerprint density at radius 1 is 1.53 bits per heavy atom. The fourth-order valence-corrected chi connectivity index (χ4v) is 1.50. The Morgan fingerprint density at radius 2 is 2.24 bits per heavy atom. The van der Waals surface area contributed by atoms with E-state index in [1.165, 1.54) is 18.2 Å². The fraction of sp³-hybridized carbons (Fsp3) is 0.385. The van der Waals surface area contributed by atoms with Gasteiger partial charge in [-0.3, -0.25) is 0 Å². The molecule has 0 aliphatic rings. The molecule has 0 amide bonds. The number of benzene rings is 1. The van der Waals surface area contributed by atoms with Gasteiger partial charge in [0.15, 0.2) is 0 Å². The zero-order valence-electron chi connectivity index (χ0n) is 9.63. The number of hydrogen-bond acceptors (Lipinski definition) is 2. The van der Waals surface area contributed by atoms with Gasteiger partial charge in [-0.1, -0.05) is 30.9 Å². The van der Waals surface area contributed by atoms with Crippen LogP contribution in [0.25, 0.3) is 0 Å². The summed E-state index contributed by atoms with van der Waals surface area (Å²) in [4.78, 5) is 0. The number of anilines is 1. The third kappa shape index (κ3) is 3.92. The van der Waals surface area contributed by atoms with Gasteiger partial charge in [-0.25, -0.2) is 0 Å². The molecule has 1 aromatic rings. The topological polar surface area (TPSA) is 46.2 Å². The lowest BCUT2D eigenvalue weighted by Gasteiger charge is -2.15. The first-order valence-electron chi connectivity index (χ1n) is 5.44. The van der Waals surface area contributed by atoms with E-state index in [9.17, 15) is 9.50 Å². The summed E-state index contributed by atoms with van der Waals surface area (Å²) in [5.74, 6) is 2.03. The Bertz CT molecular complexity index is 448. The lowest BCUT2D eigenvalue weighted by molar-refractivity contribution is -0.0360. The van der Waals surface area contributed by atoms with Gasteiger partial charge in [0.2, 0.25) is 0 Å². The van der Waals surface area contributed by atoms with Crippen molar-refractivity contribution in [2.24, 2.45) is 0 Å². The molecule has 0 radical (unpaired) electrons. The third-order valence-corrected chi connectivity index (χ3v) is 2.52. The van der Waals surface area contributed by atoms with Gasteiger partial charge in [0, 0.05) is 17.1 Å². The van der Waals surface area contributed by atoms with Gasteiger partial charge in [0.1, 0.15) is 0 Å². The monoisotopic (exact) mass is 255 g/mol. The zero-order valence-corrected chi connectivity index (χ0v) is 10.4. The second-order valence-electron chi connectivity index (χ2n) is 3.76. The molecule has 0 aromatic heterocycles. The van der Waals surface area contributed by atoms with Crippen LogP contribution in [0.15, 0.2) is 18.2 Å². The smallest absolute Gasteiger partial charge is 0.298 e. The first kappa shape index (κ1) is 13.8. The number of unbranched alkanes of at least 4 members (excludes halogenated alkanes) is 2. The average molecular weight is 256 g/mol. The van der Waals surface area contributed by atoms with E-state index in [-0.39, 0.29) is 11.3 Å². The highest BCUT2D eigenvalue weighted by Crippen LogP contribution is 2.29. The van der Waals surface area contributed by atoms with Crippen LogP contribution in [0.1, 0.15) is 31.7 Å². The van der Waals surface area contributed by atoms with Crippen LogP contribution in [0, 0.1) is 11.8 Å². The van der Waals surface area contributed by atoms with Gasteiger partial charge in [-0.15, -0.1) is 0 Å². The molecule has 0 fully saturated rings. The third-order valence-electron chi connectivity index (χ3n) is 2.28. The van der Waals surface area contributed by atoms with Crippen LogP contribution < -0.4 is 5.73 Å². The van der Waals surface area contributed by atoms with Crippen molar-refractivity contribution in [1.29, 1.82) is 0 Å². The second kappa shape index (κ2) is 5.90. The lowest BCUT2D eigenvalue weighted by atomic mass is 10.1. The van der Waals surface area contributed by atoms with E-state index in [1.807, 2.05) is 6.92 Å². The number of halogens is 2. The molecular weight excluding hydrogens is 241 g/mol. The molecule has 0 aliphatic heterocycles. The Hall–Kier alpha value is -1.24. The predicted molar refractivity (Wildman–Crippen MR) is 68.2 cm³/mol. The summed E-state index contributed by atoms with van der Waals surface area (Å²) in [7, 11) is 0. The number of alkyl halides is 1. The molecule has 1 rings (SSSR count). The molecule has 0 saturated carbocycles. The van der Waals surface area contributed by atoms with E-state index in [0.29, 0.717) is 11.4 Å². The molecule has 17 heavy (non-hydrogen) atoms. The number of hydrogen-bond donors (Lipinski definition) is 2. The minimum absolute atomic E-state index is 0.103. The minimum Gasteiger partial charge on any atom is -0.398 e. The highest BCUT2D eigenvalue weighted by Gasteiger charge is 2.28. The number of nitrogens with two attached hydrogens (primary N) is 1. The summed E-state index contributed by atoms with van der Waals surface area (Å²) in [5, 5.41) is 9.92. The van der Waals surface area contributed by atoms with Gasteiger partial charge in [-0.05, 0) is 30.5 Å². The summed E-state index contributed by atoms with van der Waals surface area (Å²) >= 11 is 5.73. The molecule has 92 valence electrons. The van der Waals surface area contributed by atoms with Gasteiger partial charge < -0.3 is 10.8 Å². The Kier molecular flexibility index (Phi) is 4.80. The molecule has 0 unspecified atom stereocenters. The highest BCUT2D eigenvalue weighted by atomic mass is 35.5. The lowest BCUT2D eigenvalue weighted by Crippen LogP contribution is -2.18. The largest absolute Gasteiger partial charge is 0.398 e. The maximum Gasteiger partial charge on any atom is 0.298 e. The van der Waals surface area contributed by atoms with Crippen molar-refractivity contribution >= 4 is 17.3 Å². The molecule has 0 spiro atoms. The summed E-state index contributed by atoms with van der Waals surface area (Å²) in [6, 6.07) is 4.25. The maximum absolute atomic E-state index is 13.9. The quantitative estimate of drug-likeness (QED) is 0.495. The van der Waals surface area contributed by atoms with Crippen molar-refractivity contribution in [2.45, 2.75) is 32.0 Å². The Balaban J connectivity index is 2.94. The maximum atomic E-state index is 13.9. The van der Waals surface area contributed by atoms with Crippen molar-refractivity contribution in [2.75, 3.05) is 5.73 Å². The van der Waals surface area contributed by atoms with Crippen LogP contribution in [-0.4, -0.2) is 5.11 Å². The Labute approximate surface area is 106 Å². The predicted octanol–water partition coefficient (Wildman–Crippen LogP) is 3.23. The van der Waals surface area contributed by atoms with Crippen LogP contribution in [-0.2, 0) is 5.85 Å². The van der Waals surface area contributed by atoms with Crippen molar-refractivity contribution in [3.63, 3.8) is 0 Å². The first-order chi connectivity index (χ1) is 7.97. The summed E-state index contributed by atoms with van der Waals surface area (Å²) in [5.41, 5.74) is 5.61. The van der Waals surface area contributed by atoms with Crippen LogP contribution in [0.3, 0.4) is 0 Å². The molecule has 0 heterocycles. The van der Waals surface area contributed by atoms with Gasteiger partial charge in [0.05, 0.1) is 5.56 Å². The van der Waals surface area contributed by atoms with Crippen LogP contribution in [0.2, 0.25) is 5.02 Å². The molecule has 2 nitrogen and oxygen atoms in total. The van der Waals surface area contributed by atoms with E-state index < -0.39 is 5.85 Å².